The van der Waals surface area contributed by atoms with Crippen molar-refractivity contribution in [3.05, 3.63) is 50.9 Å². The van der Waals surface area contributed by atoms with E-state index in [4.69, 9.17) is 17.3 Å². The molecule has 1 heterocycles. The molecule has 0 spiro atoms. The van der Waals surface area contributed by atoms with Gasteiger partial charge in [0, 0.05) is 15.9 Å². The first-order valence-electron chi connectivity index (χ1n) is 5.07. The predicted molar refractivity (Wildman–Crippen MR) is 68.9 cm³/mol. The summed E-state index contributed by atoms with van der Waals surface area (Å²) in [6, 6.07) is 7.83. The van der Waals surface area contributed by atoms with Crippen molar-refractivity contribution in [1.29, 1.82) is 0 Å². The van der Waals surface area contributed by atoms with Crippen molar-refractivity contribution in [2.75, 3.05) is 0 Å². The molecule has 1 aromatic heterocycles. The van der Waals surface area contributed by atoms with Crippen LogP contribution in [-0.2, 0) is 6.42 Å². The minimum atomic E-state index is 0.0219. The van der Waals surface area contributed by atoms with E-state index in [1.165, 1.54) is 5.56 Å². The summed E-state index contributed by atoms with van der Waals surface area (Å²) in [4.78, 5) is 5.37. The Hall–Kier alpha value is -0.900. The fourth-order valence-electron chi connectivity index (χ4n) is 1.63. The summed E-state index contributed by atoms with van der Waals surface area (Å²) < 4.78 is 0. The highest BCUT2D eigenvalue weighted by molar-refractivity contribution is 7.09. The molecule has 2 nitrogen and oxygen atoms in total. The Morgan fingerprint density at radius 3 is 2.62 bits per heavy atom. The SMILES string of the molecule is Cc1ncsc1C(N)Cc1ccc(Cl)cc1. The van der Waals surface area contributed by atoms with Crippen molar-refractivity contribution in [3.8, 4) is 0 Å². The van der Waals surface area contributed by atoms with Gasteiger partial charge in [0.15, 0.2) is 0 Å². The molecular weight excluding hydrogens is 240 g/mol. The zero-order chi connectivity index (χ0) is 11.5. The van der Waals surface area contributed by atoms with Gasteiger partial charge in [0.25, 0.3) is 0 Å². The van der Waals surface area contributed by atoms with Crippen molar-refractivity contribution >= 4 is 22.9 Å². The second-order valence-corrected chi connectivity index (χ2v) is 5.06. The van der Waals surface area contributed by atoms with Gasteiger partial charge in [-0.25, -0.2) is 4.98 Å². The maximum absolute atomic E-state index is 6.15. The average molecular weight is 253 g/mol. The Labute approximate surface area is 104 Å². The van der Waals surface area contributed by atoms with Crippen LogP contribution in [0.2, 0.25) is 5.02 Å². The van der Waals surface area contributed by atoms with E-state index in [2.05, 4.69) is 4.98 Å². The number of thiazole rings is 1. The largest absolute Gasteiger partial charge is 0.323 e. The Kier molecular flexibility index (Phi) is 3.59. The lowest BCUT2D eigenvalue weighted by Crippen LogP contribution is -2.12. The van der Waals surface area contributed by atoms with Gasteiger partial charge >= 0.3 is 0 Å². The summed E-state index contributed by atoms with van der Waals surface area (Å²) in [6.07, 6.45) is 0.820. The van der Waals surface area contributed by atoms with Gasteiger partial charge in [0.2, 0.25) is 0 Å². The molecule has 0 amide bonds. The number of rotatable bonds is 3. The van der Waals surface area contributed by atoms with Gasteiger partial charge in [0.05, 0.1) is 11.2 Å². The van der Waals surface area contributed by atoms with Crippen molar-refractivity contribution < 1.29 is 0 Å². The zero-order valence-electron chi connectivity index (χ0n) is 8.98. The highest BCUT2D eigenvalue weighted by Gasteiger charge is 2.11. The van der Waals surface area contributed by atoms with Crippen molar-refractivity contribution in [3.63, 3.8) is 0 Å². The third kappa shape index (κ3) is 2.61. The van der Waals surface area contributed by atoms with Crippen LogP contribution in [0.15, 0.2) is 29.8 Å². The van der Waals surface area contributed by atoms with Gasteiger partial charge in [-0.2, -0.15) is 0 Å². The monoisotopic (exact) mass is 252 g/mol. The van der Waals surface area contributed by atoms with Crippen LogP contribution in [0, 0.1) is 6.92 Å². The molecule has 16 heavy (non-hydrogen) atoms. The van der Waals surface area contributed by atoms with E-state index in [9.17, 15) is 0 Å². The molecule has 0 saturated carbocycles. The van der Waals surface area contributed by atoms with E-state index in [1.807, 2.05) is 36.7 Å². The van der Waals surface area contributed by atoms with Crippen LogP contribution in [0.1, 0.15) is 22.2 Å². The molecule has 0 aliphatic heterocycles. The first kappa shape index (κ1) is 11.6. The van der Waals surface area contributed by atoms with Gasteiger partial charge < -0.3 is 5.73 Å². The Morgan fingerprint density at radius 2 is 2.06 bits per heavy atom. The van der Waals surface area contributed by atoms with Gasteiger partial charge in [-0.15, -0.1) is 11.3 Å². The molecule has 1 unspecified atom stereocenters. The van der Waals surface area contributed by atoms with E-state index < -0.39 is 0 Å². The van der Waals surface area contributed by atoms with Gasteiger partial charge in [-0.1, -0.05) is 23.7 Å². The van der Waals surface area contributed by atoms with Crippen molar-refractivity contribution in [2.45, 2.75) is 19.4 Å². The minimum absolute atomic E-state index is 0.0219. The molecule has 2 N–H and O–H groups in total. The maximum atomic E-state index is 6.15. The molecule has 1 atom stereocenters. The normalized spacial score (nSPS) is 12.7. The number of hydrogen-bond acceptors (Lipinski definition) is 3. The molecule has 0 fully saturated rings. The Balaban J connectivity index is 2.10. The third-order valence-electron chi connectivity index (χ3n) is 2.49. The van der Waals surface area contributed by atoms with Crippen LogP contribution in [-0.4, -0.2) is 4.98 Å². The van der Waals surface area contributed by atoms with Gasteiger partial charge in [-0.05, 0) is 31.0 Å². The fraction of sp³-hybridized carbons (Fsp3) is 0.250. The summed E-state index contributed by atoms with van der Waals surface area (Å²) in [5, 5.41) is 0.756. The molecule has 2 rings (SSSR count). The first-order chi connectivity index (χ1) is 7.66. The molecule has 0 aliphatic carbocycles. The lowest BCUT2D eigenvalue weighted by atomic mass is 10.0. The van der Waals surface area contributed by atoms with Crippen molar-refractivity contribution in [1.82, 2.24) is 4.98 Å². The highest BCUT2D eigenvalue weighted by atomic mass is 35.5. The molecule has 0 aliphatic rings. The number of halogens is 1. The maximum Gasteiger partial charge on any atom is 0.0798 e. The lowest BCUT2D eigenvalue weighted by molar-refractivity contribution is 0.729. The summed E-state index contributed by atoms with van der Waals surface area (Å²) in [7, 11) is 0. The molecule has 2 aromatic rings. The quantitative estimate of drug-likeness (QED) is 0.910. The topological polar surface area (TPSA) is 38.9 Å². The average Bonchev–Trinajstić information content (AvgIpc) is 2.68. The zero-order valence-corrected chi connectivity index (χ0v) is 10.6. The van der Waals surface area contributed by atoms with Gasteiger partial charge in [-0.3, -0.25) is 0 Å². The Morgan fingerprint density at radius 1 is 1.38 bits per heavy atom. The highest BCUT2D eigenvalue weighted by Crippen LogP contribution is 2.23. The van der Waals surface area contributed by atoms with E-state index >= 15 is 0 Å². The van der Waals surface area contributed by atoms with Crippen LogP contribution in [0.4, 0.5) is 0 Å². The molecule has 84 valence electrons. The lowest BCUT2D eigenvalue weighted by Gasteiger charge is -2.10. The van der Waals surface area contributed by atoms with Crippen LogP contribution < -0.4 is 5.73 Å². The van der Waals surface area contributed by atoms with Crippen LogP contribution in [0.25, 0.3) is 0 Å². The summed E-state index contributed by atoms with van der Waals surface area (Å²) in [5.74, 6) is 0. The van der Waals surface area contributed by atoms with Crippen LogP contribution in [0.3, 0.4) is 0 Å². The molecule has 0 radical (unpaired) electrons. The molecule has 0 saturated heterocycles. The summed E-state index contributed by atoms with van der Waals surface area (Å²) in [6.45, 7) is 1.99. The fourth-order valence-corrected chi connectivity index (χ4v) is 2.57. The smallest absolute Gasteiger partial charge is 0.0798 e. The number of nitrogens with zero attached hydrogens (tertiary/aromatic N) is 1. The number of hydrogen-bond donors (Lipinski definition) is 1. The summed E-state index contributed by atoms with van der Waals surface area (Å²) in [5.41, 5.74) is 10.2. The third-order valence-corrected chi connectivity index (χ3v) is 3.80. The minimum Gasteiger partial charge on any atom is -0.323 e. The van der Waals surface area contributed by atoms with E-state index in [-0.39, 0.29) is 6.04 Å². The van der Waals surface area contributed by atoms with Crippen LogP contribution in [0.5, 0.6) is 0 Å². The second kappa shape index (κ2) is 4.95. The number of aromatic nitrogens is 1. The standard InChI is InChI=1S/C12H13ClN2S/c1-8-12(16-7-15-8)11(14)6-9-2-4-10(13)5-3-9/h2-5,7,11H,6,14H2,1H3. The predicted octanol–water partition coefficient (Wildman–Crippen LogP) is 3.35. The molecule has 4 heteroatoms. The van der Waals surface area contributed by atoms with Crippen LogP contribution >= 0.6 is 22.9 Å². The molecule has 0 bridgehead atoms. The number of nitrogens with two attached hydrogens (primary N) is 1. The first-order valence-corrected chi connectivity index (χ1v) is 6.32. The van der Waals surface area contributed by atoms with E-state index in [0.29, 0.717) is 0 Å². The summed E-state index contributed by atoms with van der Waals surface area (Å²) >= 11 is 7.45. The van der Waals surface area contributed by atoms with E-state index in [0.717, 1.165) is 22.0 Å². The van der Waals surface area contributed by atoms with E-state index in [1.54, 1.807) is 11.3 Å². The number of aryl methyl sites for hydroxylation is 1. The molecular formula is C12H13ClN2S. The van der Waals surface area contributed by atoms with Gasteiger partial charge in [0.1, 0.15) is 0 Å². The number of benzene rings is 1. The second-order valence-electron chi connectivity index (χ2n) is 3.74. The Bertz CT molecular complexity index is 464. The van der Waals surface area contributed by atoms with Crippen molar-refractivity contribution in [2.24, 2.45) is 5.73 Å². The molecule has 1 aromatic carbocycles.